The van der Waals surface area contributed by atoms with Crippen LogP contribution in [0.15, 0.2) is 65.7 Å². The fourth-order valence-electron chi connectivity index (χ4n) is 1.73. The van der Waals surface area contributed by atoms with Crippen molar-refractivity contribution in [2.45, 2.75) is 0 Å². The van der Waals surface area contributed by atoms with Crippen LogP contribution in [0.3, 0.4) is 0 Å². The molecule has 0 bridgehead atoms. The Morgan fingerprint density at radius 1 is 0.947 bits per heavy atom. The molecule has 19 heavy (non-hydrogen) atoms. The molecule has 0 saturated heterocycles. The minimum atomic E-state index is -0.331. The Morgan fingerprint density at radius 2 is 1.42 bits per heavy atom. The predicted molar refractivity (Wildman–Crippen MR) is 76.6 cm³/mol. The number of aliphatic imine (C=N–C) groups is 1. The lowest BCUT2D eigenvalue weighted by Gasteiger charge is -2.07. The molecular formula is C15H13AlNO2. The Kier molecular flexibility index (Phi) is 4.91. The third-order valence-corrected chi connectivity index (χ3v) is 2.94. The summed E-state index contributed by atoms with van der Waals surface area (Å²) in [5.41, 5.74) is 2.77. The van der Waals surface area contributed by atoms with Gasteiger partial charge in [-0.15, -0.1) is 0 Å². The molecule has 0 aliphatic rings. The van der Waals surface area contributed by atoms with Gasteiger partial charge in [0.25, 0.3) is 5.97 Å². The lowest BCUT2D eigenvalue weighted by atomic mass is 10.0. The normalized spacial score (nSPS) is 9.68. The van der Waals surface area contributed by atoms with Crippen molar-refractivity contribution >= 4 is 28.3 Å². The molecule has 2 aromatic rings. The summed E-state index contributed by atoms with van der Waals surface area (Å²) >= 11 is 1.17. The number of hydrogen-bond donors (Lipinski definition) is 0. The van der Waals surface area contributed by atoms with Gasteiger partial charge in [-0.3, -0.25) is 9.79 Å². The summed E-state index contributed by atoms with van der Waals surface area (Å²) in [6.45, 7) is 0.0304. The van der Waals surface area contributed by atoms with Gasteiger partial charge in [-0.1, -0.05) is 60.7 Å². The number of benzene rings is 2. The standard InChI is InChI=1S/C15H13NO2.Al.H/c17-14(18)11-16-15(12-7-3-1-4-8-12)13-9-5-2-6-10-13;;/h1-10H,11H2,(H,17,18);;/q;+1;/p-1. The minimum absolute atomic E-state index is 0.0304. The van der Waals surface area contributed by atoms with E-state index in [1.807, 2.05) is 60.7 Å². The molecule has 0 aliphatic heterocycles. The van der Waals surface area contributed by atoms with Gasteiger partial charge in [0.1, 0.15) is 6.54 Å². The monoisotopic (exact) mass is 266 g/mol. The van der Waals surface area contributed by atoms with Crippen LogP contribution in [0, 0.1) is 0 Å². The van der Waals surface area contributed by atoms with Crippen LogP contribution in [0.4, 0.5) is 0 Å². The van der Waals surface area contributed by atoms with Crippen molar-refractivity contribution in [2.75, 3.05) is 6.54 Å². The van der Waals surface area contributed by atoms with Crippen molar-refractivity contribution in [3.8, 4) is 0 Å². The van der Waals surface area contributed by atoms with Crippen molar-refractivity contribution in [1.29, 1.82) is 0 Å². The molecule has 0 heterocycles. The van der Waals surface area contributed by atoms with Gasteiger partial charge >= 0.3 is 16.6 Å². The highest BCUT2D eigenvalue weighted by Crippen LogP contribution is 2.10. The van der Waals surface area contributed by atoms with Crippen LogP contribution in [0.2, 0.25) is 0 Å². The van der Waals surface area contributed by atoms with E-state index in [0.29, 0.717) is 0 Å². The van der Waals surface area contributed by atoms with Crippen LogP contribution in [0.25, 0.3) is 0 Å². The first-order valence-corrected chi connectivity index (χ1v) is 6.49. The molecule has 2 aromatic carbocycles. The van der Waals surface area contributed by atoms with Gasteiger partial charge in [-0.25, -0.2) is 0 Å². The van der Waals surface area contributed by atoms with Crippen molar-refractivity contribution < 1.29 is 8.58 Å². The number of carbonyl (C=O) groups excluding carboxylic acids is 1. The zero-order chi connectivity index (χ0) is 13.5. The van der Waals surface area contributed by atoms with Crippen LogP contribution in [-0.2, 0) is 8.58 Å². The van der Waals surface area contributed by atoms with Gasteiger partial charge in [-0.05, 0) is 0 Å². The van der Waals surface area contributed by atoms with E-state index in [1.165, 1.54) is 16.6 Å². The summed E-state index contributed by atoms with van der Waals surface area (Å²) < 4.78 is 4.65. The van der Waals surface area contributed by atoms with Crippen molar-refractivity contribution in [2.24, 2.45) is 4.99 Å². The average molecular weight is 266 g/mol. The van der Waals surface area contributed by atoms with E-state index in [4.69, 9.17) is 0 Å². The third kappa shape index (κ3) is 3.79. The number of hydrogen-bond acceptors (Lipinski definition) is 3. The molecule has 0 saturated carbocycles. The van der Waals surface area contributed by atoms with Gasteiger partial charge in [-0.2, -0.15) is 0 Å². The first kappa shape index (κ1) is 13.5. The van der Waals surface area contributed by atoms with Crippen molar-refractivity contribution in [1.82, 2.24) is 0 Å². The van der Waals surface area contributed by atoms with Gasteiger partial charge < -0.3 is 3.79 Å². The lowest BCUT2D eigenvalue weighted by Crippen LogP contribution is -2.10. The molecule has 1 radical (unpaired) electrons. The zero-order valence-corrected chi connectivity index (χ0v) is 11.9. The number of nitrogens with zero attached hydrogens (tertiary/aromatic N) is 1. The molecule has 4 heteroatoms. The van der Waals surface area contributed by atoms with Crippen molar-refractivity contribution in [3.05, 3.63) is 71.8 Å². The molecule has 0 amide bonds. The molecule has 0 aliphatic carbocycles. The van der Waals surface area contributed by atoms with E-state index in [1.54, 1.807) is 0 Å². The molecule has 2 rings (SSSR count). The molecule has 0 N–H and O–H groups in total. The fraction of sp³-hybridized carbons (Fsp3) is 0.0667. The molecule has 0 fully saturated rings. The van der Waals surface area contributed by atoms with Gasteiger partial charge in [0.05, 0.1) is 5.71 Å². The van der Waals surface area contributed by atoms with Crippen LogP contribution < -0.4 is 0 Å². The second-order valence-corrected chi connectivity index (χ2v) is 4.20. The van der Waals surface area contributed by atoms with Crippen molar-refractivity contribution in [3.63, 3.8) is 0 Å². The Bertz CT molecular complexity index is 526. The Labute approximate surface area is 120 Å². The summed E-state index contributed by atoms with van der Waals surface area (Å²) in [5, 5.41) is 0. The molecule has 93 valence electrons. The van der Waals surface area contributed by atoms with E-state index in [9.17, 15) is 4.79 Å². The number of carbonyl (C=O) groups is 1. The smallest absolute Gasteiger partial charge is 0.496 e. The minimum Gasteiger partial charge on any atom is -0.623 e. The Balaban J connectivity index is 2.37. The Hall–Kier alpha value is -1.89. The summed E-state index contributed by atoms with van der Waals surface area (Å²) in [4.78, 5) is 15.6. The number of rotatable bonds is 4. The van der Waals surface area contributed by atoms with E-state index < -0.39 is 0 Å². The highest BCUT2D eigenvalue weighted by Gasteiger charge is 2.07. The Morgan fingerprint density at radius 3 is 1.84 bits per heavy atom. The van der Waals surface area contributed by atoms with E-state index in [-0.39, 0.29) is 12.5 Å². The summed E-state index contributed by atoms with van der Waals surface area (Å²) in [5.74, 6) is -0.331. The summed E-state index contributed by atoms with van der Waals surface area (Å²) in [7, 11) is 0. The first-order valence-electron chi connectivity index (χ1n) is 5.91. The summed E-state index contributed by atoms with van der Waals surface area (Å²) in [6, 6.07) is 19.6. The lowest BCUT2D eigenvalue weighted by molar-refractivity contribution is -0.132. The van der Waals surface area contributed by atoms with Gasteiger partial charge in [0.15, 0.2) is 0 Å². The van der Waals surface area contributed by atoms with Gasteiger partial charge in [0, 0.05) is 11.1 Å². The molecule has 0 aromatic heterocycles. The second kappa shape index (κ2) is 6.89. The van der Waals surface area contributed by atoms with Crippen LogP contribution in [0.5, 0.6) is 0 Å². The maximum atomic E-state index is 11.3. The largest absolute Gasteiger partial charge is 0.623 e. The molecule has 3 nitrogen and oxygen atoms in total. The topological polar surface area (TPSA) is 38.7 Å². The predicted octanol–water partition coefficient (Wildman–Crippen LogP) is 1.88. The maximum Gasteiger partial charge on any atom is 0.496 e. The van der Waals surface area contributed by atoms with Gasteiger partial charge in [0.2, 0.25) is 0 Å². The zero-order valence-electron chi connectivity index (χ0n) is 10.5. The molecule has 0 atom stereocenters. The van der Waals surface area contributed by atoms with Crippen LogP contribution in [0.1, 0.15) is 11.1 Å². The average Bonchev–Trinajstić information content (AvgIpc) is 2.49. The van der Waals surface area contributed by atoms with Crippen LogP contribution >= 0.6 is 0 Å². The first-order chi connectivity index (χ1) is 9.31. The van der Waals surface area contributed by atoms with E-state index in [2.05, 4.69) is 8.78 Å². The maximum absolute atomic E-state index is 11.3. The SMILES string of the molecule is O=C(CN=C(c1ccccc1)c1ccccc1)[O][AlH]. The highest BCUT2D eigenvalue weighted by molar-refractivity contribution is 6.13. The molecule has 0 spiro atoms. The van der Waals surface area contributed by atoms with Crippen LogP contribution in [-0.4, -0.2) is 34.8 Å². The molecule has 0 unspecified atom stereocenters. The summed E-state index contributed by atoms with van der Waals surface area (Å²) in [6.07, 6.45) is 0. The van der Waals surface area contributed by atoms with E-state index >= 15 is 0 Å². The third-order valence-electron chi connectivity index (χ3n) is 2.62. The highest BCUT2D eigenvalue weighted by atomic mass is 27.1. The fourth-order valence-corrected chi connectivity index (χ4v) is 1.82. The molecular weight excluding hydrogens is 253 g/mol. The quantitative estimate of drug-likeness (QED) is 0.626. The van der Waals surface area contributed by atoms with E-state index in [0.717, 1.165) is 16.8 Å². The second-order valence-electron chi connectivity index (χ2n) is 3.91.